The molecule has 4 nitrogen and oxygen atoms in total. The van der Waals surface area contributed by atoms with Crippen molar-refractivity contribution in [2.75, 3.05) is 12.3 Å². The Bertz CT molecular complexity index is 374. The summed E-state index contributed by atoms with van der Waals surface area (Å²) in [6.45, 7) is 1.86. The molecule has 1 aromatic rings. The van der Waals surface area contributed by atoms with Gasteiger partial charge in [-0.1, -0.05) is 18.2 Å². The van der Waals surface area contributed by atoms with Crippen molar-refractivity contribution in [3.63, 3.8) is 0 Å². The monoisotopic (exact) mass is 207 g/mol. The van der Waals surface area contributed by atoms with E-state index in [1.807, 2.05) is 0 Å². The molecule has 4 heteroatoms. The maximum atomic E-state index is 11.3. The van der Waals surface area contributed by atoms with Gasteiger partial charge in [0.25, 0.3) is 0 Å². The molecule has 0 radical (unpaired) electrons. The Kier molecular flexibility index (Phi) is 3.85. The van der Waals surface area contributed by atoms with Crippen LogP contribution in [0.5, 0.6) is 0 Å². The summed E-state index contributed by atoms with van der Waals surface area (Å²) in [5.41, 5.74) is 6.80. The second-order valence-corrected chi connectivity index (χ2v) is 3.02. The molecular formula is C11H13NO3. The number of anilines is 1. The van der Waals surface area contributed by atoms with Crippen molar-refractivity contribution in [2.24, 2.45) is 0 Å². The number of rotatable bonds is 4. The molecule has 0 aromatic heterocycles. The zero-order chi connectivity index (χ0) is 11.3. The molecule has 0 spiro atoms. The fourth-order valence-electron chi connectivity index (χ4n) is 1.15. The fraction of sp³-hybridized carbons (Fsp3) is 0.273. The lowest BCUT2D eigenvalue weighted by Gasteiger charge is -2.03. The molecule has 0 amide bonds. The second-order valence-electron chi connectivity index (χ2n) is 3.02. The molecule has 0 fully saturated rings. The Hall–Kier alpha value is -1.84. The number of carbonyl (C=O) groups excluding carboxylic acids is 2. The third-order valence-electron chi connectivity index (χ3n) is 1.91. The van der Waals surface area contributed by atoms with Crippen molar-refractivity contribution in [1.82, 2.24) is 0 Å². The number of hydrogen-bond acceptors (Lipinski definition) is 4. The van der Waals surface area contributed by atoms with E-state index in [4.69, 9.17) is 5.73 Å². The van der Waals surface area contributed by atoms with Crippen LogP contribution in [0.15, 0.2) is 24.3 Å². The molecular weight excluding hydrogens is 194 g/mol. The third kappa shape index (κ3) is 3.09. The Morgan fingerprint density at radius 2 is 2.00 bits per heavy atom. The average Bonchev–Trinajstić information content (AvgIpc) is 2.21. The normalized spacial score (nSPS) is 9.67. The molecule has 0 unspecified atom stereocenters. The van der Waals surface area contributed by atoms with Gasteiger partial charge in [0.15, 0.2) is 0 Å². The number of nitrogens with two attached hydrogens (primary N) is 1. The van der Waals surface area contributed by atoms with Gasteiger partial charge in [-0.2, -0.15) is 0 Å². The van der Waals surface area contributed by atoms with Gasteiger partial charge in [0.2, 0.25) is 5.78 Å². The largest absolute Gasteiger partial charge is 0.460 e. The summed E-state index contributed by atoms with van der Waals surface area (Å²) in [4.78, 5) is 22.4. The van der Waals surface area contributed by atoms with E-state index in [0.717, 1.165) is 0 Å². The molecule has 0 aliphatic heterocycles. The van der Waals surface area contributed by atoms with Crippen LogP contribution in [0, 0.1) is 0 Å². The van der Waals surface area contributed by atoms with Crippen LogP contribution in [-0.4, -0.2) is 18.4 Å². The molecule has 0 saturated carbocycles. The summed E-state index contributed by atoms with van der Waals surface area (Å²) in [5, 5.41) is 0. The minimum atomic E-state index is -0.805. The highest BCUT2D eigenvalue weighted by atomic mass is 16.5. The van der Waals surface area contributed by atoms with Crippen molar-refractivity contribution in [3.8, 4) is 0 Å². The Labute approximate surface area is 88.0 Å². The quantitative estimate of drug-likeness (QED) is 0.453. The summed E-state index contributed by atoms with van der Waals surface area (Å²) < 4.78 is 4.59. The first-order valence-corrected chi connectivity index (χ1v) is 4.68. The number of nitrogen functional groups attached to an aromatic ring is 1. The first-order valence-electron chi connectivity index (χ1n) is 4.68. The van der Waals surface area contributed by atoms with Gasteiger partial charge >= 0.3 is 5.97 Å². The smallest absolute Gasteiger partial charge is 0.374 e. The van der Waals surface area contributed by atoms with Crippen LogP contribution in [-0.2, 0) is 20.7 Å². The number of carbonyl (C=O) groups is 2. The molecule has 15 heavy (non-hydrogen) atoms. The van der Waals surface area contributed by atoms with Crippen LogP contribution in [0.4, 0.5) is 5.69 Å². The minimum Gasteiger partial charge on any atom is -0.460 e. The number of Topliss-reactive ketones (excluding diaryl/α,β-unsaturated/α-hetero) is 1. The van der Waals surface area contributed by atoms with Gasteiger partial charge < -0.3 is 10.5 Å². The molecule has 1 aromatic carbocycles. The fourth-order valence-corrected chi connectivity index (χ4v) is 1.15. The molecule has 2 N–H and O–H groups in total. The Morgan fingerprint density at radius 1 is 1.33 bits per heavy atom. The molecule has 80 valence electrons. The van der Waals surface area contributed by atoms with Gasteiger partial charge in [-0.25, -0.2) is 4.79 Å². The van der Waals surface area contributed by atoms with E-state index in [9.17, 15) is 9.59 Å². The highest BCUT2D eigenvalue weighted by Crippen LogP contribution is 2.11. The van der Waals surface area contributed by atoms with E-state index in [2.05, 4.69) is 4.74 Å². The first-order chi connectivity index (χ1) is 7.15. The lowest BCUT2D eigenvalue weighted by molar-refractivity contribution is -0.153. The zero-order valence-electron chi connectivity index (χ0n) is 8.53. The first kappa shape index (κ1) is 11.2. The zero-order valence-corrected chi connectivity index (χ0v) is 8.53. The number of ether oxygens (including phenoxy) is 1. The van der Waals surface area contributed by atoms with Gasteiger partial charge in [0, 0.05) is 12.1 Å². The number of hydrogen-bond donors (Lipinski definition) is 1. The Balaban J connectivity index is 2.67. The minimum absolute atomic E-state index is 0.00843. The van der Waals surface area contributed by atoms with Crippen molar-refractivity contribution in [3.05, 3.63) is 29.8 Å². The average molecular weight is 207 g/mol. The maximum absolute atomic E-state index is 11.3. The lowest BCUT2D eigenvalue weighted by Crippen LogP contribution is -2.19. The van der Waals surface area contributed by atoms with E-state index in [-0.39, 0.29) is 13.0 Å². The molecule has 0 atom stereocenters. The molecule has 0 heterocycles. The van der Waals surface area contributed by atoms with E-state index in [1.54, 1.807) is 31.2 Å². The molecule has 0 saturated heterocycles. The SMILES string of the molecule is CCOC(=O)C(=O)Cc1ccccc1N. The summed E-state index contributed by atoms with van der Waals surface area (Å²) in [6, 6.07) is 6.94. The molecule has 0 aliphatic rings. The second kappa shape index (κ2) is 5.14. The standard InChI is InChI=1S/C11H13NO3/c1-2-15-11(14)10(13)7-8-5-3-4-6-9(8)12/h3-6H,2,7,12H2,1H3. The van der Waals surface area contributed by atoms with Crippen molar-refractivity contribution in [2.45, 2.75) is 13.3 Å². The van der Waals surface area contributed by atoms with Crippen molar-refractivity contribution >= 4 is 17.4 Å². The topological polar surface area (TPSA) is 69.4 Å². The Morgan fingerprint density at radius 3 is 2.60 bits per heavy atom. The van der Waals surface area contributed by atoms with E-state index in [0.29, 0.717) is 11.3 Å². The van der Waals surface area contributed by atoms with E-state index < -0.39 is 11.8 Å². The van der Waals surface area contributed by atoms with Crippen LogP contribution in [0.3, 0.4) is 0 Å². The predicted octanol–water partition coefficient (Wildman–Crippen LogP) is 0.944. The molecule has 0 aliphatic carbocycles. The number of ketones is 1. The number of benzene rings is 1. The lowest BCUT2D eigenvalue weighted by atomic mass is 10.1. The van der Waals surface area contributed by atoms with Crippen LogP contribution in [0.25, 0.3) is 0 Å². The predicted molar refractivity (Wildman–Crippen MR) is 56.2 cm³/mol. The van der Waals surface area contributed by atoms with Crippen LogP contribution < -0.4 is 5.73 Å². The highest BCUT2D eigenvalue weighted by Gasteiger charge is 2.16. The van der Waals surface area contributed by atoms with Gasteiger partial charge in [0.1, 0.15) is 0 Å². The highest BCUT2D eigenvalue weighted by molar-refractivity contribution is 6.34. The summed E-state index contributed by atoms with van der Waals surface area (Å²) in [6.07, 6.45) is -0.00843. The van der Waals surface area contributed by atoms with Gasteiger partial charge in [-0.3, -0.25) is 4.79 Å². The van der Waals surface area contributed by atoms with Crippen LogP contribution in [0.1, 0.15) is 12.5 Å². The van der Waals surface area contributed by atoms with Gasteiger partial charge in [-0.05, 0) is 18.6 Å². The summed E-state index contributed by atoms with van der Waals surface area (Å²) in [5.74, 6) is -1.38. The summed E-state index contributed by atoms with van der Waals surface area (Å²) in [7, 11) is 0. The molecule has 0 bridgehead atoms. The van der Waals surface area contributed by atoms with E-state index >= 15 is 0 Å². The van der Waals surface area contributed by atoms with Crippen LogP contribution in [0.2, 0.25) is 0 Å². The third-order valence-corrected chi connectivity index (χ3v) is 1.91. The number of para-hydroxylation sites is 1. The van der Waals surface area contributed by atoms with Crippen molar-refractivity contribution in [1.29, 1.82) is 0 Å². The van der Waals surface area contributed by atoms with Crippen LogP contribution >= 0.6 is 0 Å². The van der Waals surface area contributed by atoms with Gasteiger partial charge in [-0.15, -0.1) is 0 Å². The summed E-state index contributed by atoms with van der Waals surface area (Å²) >= 11 is 0. The van der Waals surface area contributed by atoms with E-state index in [1.165, 1.54) is 0 Å². The maximum Gasteiger partial charge on any atom is 0.374 e. The number of esters is 1. The van der Waals surface area contributed by atoms with Gasteiger partial charge in [0.05, 0.1) is 6.61 Å². The van der Waals surface area contributed by atoms with Crippen molar-refractivity contribution < 1.29 is 14.3 Å². The molecule has 1 rings (SSSR count).